The maximum Gasteiger partial charge on any atom is 0.141 e. The quantitative estimate of drug-likeness (QED) is 0.408. The molecule has 2 heterocycles. The van der Waals surface area contributed by atoms with Gasteiger partial charge in [-0.2, -0.15) is 5.26 Å². The molecule has 0 saturated heterocycles. The number of anilines is 3. The Kier molecular flexibility index (Phi) is 5.83. The smallest absolute Gasteiger partial charge is 0.141 e. The number of hydrogen-bond acceptors (Lipinski definition) is 6. The second kappa shape index (κ2) is 8.86. The third-order valence-electron chi connectivity index (χ3n) is 4.70. The van der Waals surface area contributed by atoms with Crippen molar-refractivity contribution in [3.63, 3.8) is 0 Å². The van der Waals surface area contributed by atoms with Gasteiger partial charge in [-0.1, -0.05) is 23.7 Å². The fraction of sp³-hybridized carbons (Fsp3) is 0.0870. The Labute approximate surface area is 183 Å². The van der Waals surface area contributed by atoms with Crippen LogP contribution in [0.25, 0.3) is 10.9 Å². The monoisotopic (exact) mass is 433 g/mol. The molecule has 0 aliphatic rings. The van der Waals surface area contributed by atoms with E-state index in [9.17, 15) is 9.65 Å². The van der Waals surface area contributed by atoms with E-state index in [0.717, 1.165) is 11.3 Å². The van der Waals surface area contributed by atoms with E-state index in [4.69, 9.17) is 16.3 Å². The first-order valence-electron chi connectivity index (χ1n) is 9.35. The number of rotatable bonds is 6. The van der Waals surface area contributed by atoms with Gasteiger partial charge >= 0.3 is 0 Å². The van der Waals surface area contributed by atoms with Gasteiger partial charge in [-0.05, 0) is 42.0 Å². The molecule has 31 heavy (non-hydrogen) atoms. The Hall–Kier alpha value is -3.89. The molecule has 0 atom stereocenters. The lowest BCUT2D eigenvalue weighted by Gasteiger charge is -2.13. The standard InChI is InChI=1S/C23H17ClFN5O/c1-31-17-5-2-14(3-6-17)11-28-22-9-18-21(13-29-22)27-12-15(10-26)23(18)30-16-4-7-20(25)19(24)8-16/h2-9,12-13H,11H2,1H3,(H,27,30)(H,28,29). The summed E-state index contributed by atoms with van der Waals surface area (Å²) in [6.45, 7) is 0.560. The summed E-state index contributed by atoms with van der Waals surface area (Å²) in [5.41, 5.74) is 3.13. The Bertz CT molecular complexity index is 1290. The summed E-state index contributed by atoms with van der Waals surface area (Å²) in [5.74, 6) is 0.904. The normalized spacial score (nSPS) is 10.5. The van der Waals surface area contributed by atoms with Gasteiger partial charge in [-0.3, -0.25) is 4.98 Å². The lowest BCUT2D eigenvalue weighted by atomic mass is 10.1. The molecule has 2 aromatic carbocycles. The molecular formula is C23H17ClFN5O. The van der Waals surface area contributed by atoms with E-state index in [0.29, 0.717) is 40.2 Å². The first kappa shape index (κ1) is 20.4. The highest BCUT2D eigenvalue weighted by atomic mass is 35.5. The molecule has 0 unspecified atom stereocenters. The minimum absolute atomic E-state index is 0.00890. The zero-order valence-electron chi connectivity index (χ0n) is 16.5. The molecular weight excluding hydrogens is 417 g/mol. The third kappa shape index (κ3) is 4.49. The van der Waals surface area contributed by atoms with E-state index in [1.807, 2.05) is 30.3 Å². The maximum atomic E-state index is 13.5. The van der Waals surface area contributed by atoms with Gasteiger partial charge in [0.15, 0.2) is 0 Å². The number of halogens is 2. The number of hydrogen-bond donors (Lipinski definition) is 2. The van der Waals surface area contributed by atoms with Crippen LogP contribution in [-0.2, 0) is 6.54 Å². The minimum atomic E-state index is -0.512. The summed E-state index contributed by atoms with van der Waals surface area (Å²) in [5, 5.41) is 16.7. The van der Waals surface area contributed by atoms with Gasteiger partial charge in [-0.25, -0.2) is 9.37 Å². The van der Waals surface area contributed by atoms with Gasteiger partial charge in [0.2, 0.25) is 0 Å². The maximum absolute atomic E-state index is 13.5. The summed E-state index contributed by atoms with van der Waals surface area (Å²) < 4.78 is 18.7. The van der Waals surface area contributed by atoms with E-state index in [1.165, 1.54) is 18.3 Å². The van der Waals surface area contributed by atoms with Crippen molar-refractivity contribution in [1.82, 2.24) is 9.97 Å². The van der Waals surface area contributed by atoms with Crippen LogP contribution in [0.5, 0.6) is 5.75 Å². The SMILES string of the molecule is COc1ccc(CNc2cc3c(Nc4ccc(F)c(Cl)c4)c(C#N)cnc3cn2)cc1. The summed E-state index contributed by atoms with van der Waals surface area (Å²) in [4.78, 5) is 8.72. The fourth-order valence-electron chi connectivity index (χ4n) is 3.07. The molecule has 0 radical (unpaired) electrons. The molecule has 0 saturated carbocycles. The molecule has 6 nitrogen and oxygen atoms in total. The van der Waals surface area contributed by atoms with Crippen molar-refractivity contribution >= 4 is 39.7 Å². The van der Waals surface area contributed by atoms with Gasteiger partial charge in [0.05, 0.1) is 35.1 Å². The Balaban J connectivity index is 1.65. The van der Waals surface area contributed by atoms with Crippen molar-refractivity contribution < 1.29 is 9.13 Å². The topological polar surface area (TPSA) is 82.9 Å². The number of fused-ring (bicyclic) bond motifs is 1. The zero-order chi connectivity index (χ0) is 21.8. The van der Waals surface area contributed by atoms with Crippen molar-refractivity contribution in [2.24, 2.45) is 0 Å². The van der Waals surface area contributed by atoms with Crippen LogP contribution in [0, 0.1) is 17.1 Å². The molecule has 4 rings (SSSR count). The van der Waals surface area contributed by atoms with Crippen LogP contribution < -0.4 is 15.4 Å². The van der Waals surface area contributed by atoms with Gasteiger partial charge in [0.1, 0.15) is 23.5 Å². The predicted molar refractivity (Wildman–Crippen MR) is 119 cm³/mol. The van der Waals surface area contributed by atoms with E-state index >= 15 is 0 Å². The Morgan fingerprint density at radius 2 is 1.90 bits per heavy atom. The Morgan fingerprint density at radius 1 is 1.10 bits per heavy atom. The van der Waals surface area contributed by atoms with Gasteiger partial charge in [0.25, 0.3) is 0 Å². The molecule has 0 aliphatic heterocycles. The van der Waals surface area contributed by atoms with E-state index < -0.39 is 5.82 Å². The van der Waals surface area contributed by atoms with Gasteiger partial charge < -0.3 is 15.4 Å². The number of pyridine rings is 2. The van der Waals surface area contributed by atoms with Crippen LogP contribution in [-0.4, -0.2) is 17.1 Å². The number of nitrogens with zero attached hydrogens (tertiary/aromatic N) is 3. The second-order valence-corrected chi connectivity index (χ2v) is 7.11. The van der Waals surface area contributed by atoms with Crippen LogP contribution in [0.2, 0.25) is 5.02 Å². The summed E-state index contributed by atoms with van der Waals surface area (Å²) in [6.07, 6.45) is 3.11. The van der Waals surface area contributed by atoms with Gasteiger partial charge in [-0.15, -0.1) is 0 Å². The molecule has 4 aromatic rings. The predicted octanol–water partition coefficient (Wildman–Crippen LogP) is 5.66. The highest BCUT2D eigenvalue weighted by Crippen LogP contribution is 2.31. The summed E-state index contributed by atoms with van der Waals surface area (Å²) in [6, 6.07) is 16.0. The van der Waals surface area contributed by atoms with E-state index in [1.54, 1.807) is 19.4 Å². The molecule has 8 heteroatoms. The summed E-state index contributed by atoms with van der Waals surface area (Å²) in [7, 11) is 1.63. The van der Waals surface area contributed by atoms with Crippen molar-refractivity contribution in [2.45, 2.75) is 6.54 Å². The van der Waals surface area contributed by atoms with Crippen molar-refractivity contribution in [2.75, 3.05) is 17.7 Å². The van der Waals surface area contributed by atoms with E-state index in [-0.39, 0.29) is 5.02 Å². The average molecular weight is 434 g/mol. The van der Waals surface area contributed by atoms with Crippen LogP contribution in [0.15, 0.2) is 60.9 Å². The van der Waals surface area contributed by atoms with Gasteiger partial charge in [0, 0.05) is 23.8 Å². The minimum Gasteiger partial charge on any atom is -0.497 e. The van der Waals surface area contributed by atoms with Crippen molar-refractivity contribution in [3.05, 3.63) is 82.9 Å². The first-order valence-corrected chi connectivity index (χ1v) is 9.73. The fourth-order valence-corrected chi connectivity index (χ4v) is 3.25. The number of methoxy groups -OCH3 is 1. The number of ether oxygens (including phenoxy) is 1. The van der Waals surface area contributed by atoms with Crippen LogP contribution >= 0.6 is 11.6 Å². The molecule has 154 valence electrons. The number of nitriles is 1. The molecule has 0 amide bonds. The zero-order valence-corrected chi connectivity index (χ0v) is 17.2. The average Bonchev–Trinajstić information content (AvgIpc) is 2.80. The molecule has 0 aliphatic carbocycles. The van der Waals surface area contributed by atoms with Crippen LogP contribution in [0.3, 0.4) is 0 Å². The number of benzene rings is 2. The largest absolute Gasteiger partial charge is 0.497 e. The van der Waals surface area contributed by atoms with Crippen LogP contribution in [0.4, 0.5) is 21.6 Å². The lowest BCUT2D eigenvalue weighted by Crippen LogP contribution is -2.03. The van der Waals surface area contributed by atoms with Crippen LogP contribution in [0.1, 0.15) is 11.1 Å². The lowest BCUT2D eigenvalue weighted by molar-refractivity contribution is 0.414. The molecule has 2 aromatic heterocycles. The second-order valence-electron chi connectivity index (χ2n) is 6.70. The molecule has 2 N–H and O–H groups in total. The number of nitrogens with one attached hydrogen (secondary N) is 2. The molecule has 0 fully saturated rings. The Morgan fingerprint density at radius 3 is 2.61 bits per heavy atom. The number of aromatic nitrogens is 2. The van der Waals surface area contributed by atoms with Crippen molar-refractivity contribution in [3.8, 4) is 11.8 Å². The van der Waals surface area contributed by atoms with Crippen molar-refractivity contribution in [1.29, 1.82) is 5.26 Å². The highest BCUT2D eigenvalue weighted by molar-refractivity contribution is 6.31. The molecule has 0 spiro atoms. The highest BCUT2D eigenvalue weighted by Gasteiger charge is 2.12. The molecule has 0 bridgehead atoms. The third-order valence-corrected chi connectivity index (χ3v) is 4.99. The van der Waals surface area contributed by atoms with E-state index in [2.05, 4.69) is 26.7 Å². The first-order chi connectivity index (χ1) is 15.1. The summed E-state index contributed by atoms with van der Waals surface area (Å²) >= 11 is 5.90.